The molecule has 28 heavy (non-hydrogen) atoms. The third-order valence-electron chi connectivity index (χ3n) is 4.39. The van der Waals surface area contributed by atoms with E-state index < -0.39 is 12.6 Å². The second-order valence-corrected chi connectivity index (χ2v) is 7.26. The molecule has 2 unspecified atom stereocenters. The van der Waals surface area contributed by atoms with Gasteiger partial charge < -0.3 is 15.4 Å². The number of hydrogen-bond acceptors (Lipinski definition) is 3. The third kappa shape index (κ3) is 8.48. The highest BCUT2D eigenvalue weighted by molar-refractivity contribution is 5.79. The molecule has 158 valence electrons. The molecule has 0 bridgehead atoms. The number of halogens is 3. The average molecular weight is 400 g/mol. The number of aliphatic imine (C=N–C) groups is 1. The van der Waals surface area contributed by atoms with Gasteiger partial charge in [0.1, 0.15) is 0 Å². The number of benzene rings is 1. The van der Waals surface area contributed by atoms with E-state index in [1.54, 1.807) is 0 Å². The van der Waals surface area contributed by atoms with Crippen molar-refractivity contribution in [3.8, 4) is 0 Å². The number of ether oxygens (including phenoxy) is 1. The van der Waals surface area contributed by atoms with E-state index in [0.29, 0.717) is 19.0 Å². The van der Waals surface area contributed by atoms with Gasteiger partial charge in [-0.3, -0.25) is 4.90 Å². The van der Waals surface area contributed by atoms with Crippen molar-refractivity contribution in [3.05, 3.63) is 35.4 Å². The summed E-state index contributed by atoms with van der Waals surface area (Å²) in [4.78, 5) is 6.76. The first-order valence-electron chi connectivity index (χ1n) is 9.79. The van der Waals surface area contributed by atoms with E-state index in [1.807, 2.05) is 19.1 Å². The zero-order valence-corrected chi connectivity index (χ0v) is 16.9. The van der Waals surface area contributed by atoms with Gasteiger partial charge in [-0.05, 0) is 31.9 Å². The highest BCUT2D eigenvalue weighted by Gasteiger charge is 2.26. The van der Waals surface area contributed by atoms with Gasteiger partial charge in [-0.25, -0.2) is 4.99 Å². The lowest BCUT2D eigenvalue weighted by Crippen LogP contribution is -2.44. The Kier molecular flexibility index (Phi) is 8.57. The molecule has 2 rings (SSSR count). The minimum absolute atomic E-state index is 0.190. The molecule has 1 fully saturated rings. The van der Waals surface area contributed by atoms with E-state index in [4.69, 9.17) is 4.74 Å². The number of rotatable bonds is 7. The molecule has 0 saturated carbocycles. The second-order valence-electron chi connectivity index (χ2n) is 7.26. The number of guanidine groups is 1. The number of nitrogens with one attached hydrogen (secondary N) is 2. The van der Waals surface area contributed by atoms with Gasteiger partial charge in [0.25, 0.3) is 0 Å². The molecule has 2 atom stereocenters. The van der Waals surface area contributed by atoms with Crippen molar-refractivity contribution in [2.45, 2.75) is 58.7 Å². The van der Waals surface area contributed by atoms with Crippen LogP contribution in [0.25, 0.3) is 0 Å². The standard InChI is InChI=1S/C20H31F3N4O/c1-4-24-19(25-10-9-20(21,22)23)26-11-17-5-7-18(8-6-17)14-27-12-15(2)28-16(3)13-27/h5-8,15-16H,4,9-14H2,1-3H3,(H2,24,25,26). The molecule has 1 aromatic carbocycles. The summed E-state index contributed by atoms with van der Waals surface area (Å²) < 4.78 is 42.6. The fraction of sp³-hybridized carbons (Fsp3) is 0.650. The summed E-state index contributed by atoms with van der Waals surface area (Å²) in [5.41, 5.74) is 2.24. The summed E-state index contributed by atoms with van der Waals surface area (Å²) in [6.07, 6.45) is -4.57. The van der Waals surface area contributed by atoms with Crippen LogP contribution in [0.3, 0.4) is 0 Å². The largest absolute Gasteiger partial charge is 0.390 e. The Labute approximate surface area is 165 Å². The van der Waals surface area contributed by atoms with Crippen molar-refractivity contribution in [2.24, 2.45) is 4.99 Å². The zero-order valence-electron chi connectivity index (χ0n) is 16.9. The predicted molar refractivity (Wildman–Crippen MR) is 105 cm³/mol. The molecule has 0 spiro atoms. The summed E-state index contributed by atoms with van der Waals surface area (Å²) in [5.74, 6) is 0.395. The predicted octanol–water partition coefficient (Wildman–Crippen LogP) is 3.30. The molecule has 1 saturated heterocycles. The Bertz CT molecular complexity index is 609. The van der Waals surface area contributed by atoms with Crippen LogP contribution in [0.1, 0.15) is 38.3 Å². The van der Waals surface area contributed by atoms with Gasteiger partial charge in [-0.1, -0.05) is 24.3 Å². The van der Waals surface area contributed by atoms with E-state index in [0.717, 1.165) is 25.2 Å². The fourth-order valence-electron chi connectivity index (χ4n) is 3.26. The van der Waals surface area contributed by atoms with Crippen LogP contribution in [0, 0.1) is 0 Å². The maximum Gasteiger partial charge on any atom is 0.390 e. The van der Waals surface area contributed by atoms with Crippen LogP contribution in [0.4, 0.5) is 13.2 Å². The molecule has 1 aliphatic rings. The van der Waals surface area contributed by atoms with Crippen molar-refractivity contribution >= 4 is 5.96 Å². The van der Waals surface area contributed by atoms with Crippen molar-refractivity contribution in [2.75, 3.05) is 26.2 Å². The minimum atomic E-state index is -4.17. The smallest absolute Gasteiger partial charge is 0.373 e. The summed E-state index contributed by atoms with van der Waals surface area (Å²) in [6.45, 7) is 9.60. The first kappa shape index (κ1) is 22.5. The van der Waals surface area contributed by atoms with Gasteiger partial charge in [0.2, 0.25) is 0 Å². The van der Waals surface area contributed by atoms with Gasteiger partial charge in [0.15, 0.2) is 5.96 Å². The highest BCUT2D eigenvalue weighted by Crippen LogP contribution is 2.18. The second kappa shape index (κ2) is 10.7. The molecular formula is C20H31F3N4O. The third-order valence-corrected chi connectivity index (χ3v) is 4.39. The summed E-state index contributed by atoms with van der Waals surface area (Å²) in [6, 6.07) is 8.20. The summed E-state index contributed by atoms with van der Waals surface area (Å²) in [5, 5.41) is 5.69. The molecule has 8 heteroatoms. The van der Waals surface area contributed by atoms with E-state index in [1.165, 1.54) is 5.56 Å². The molecule has 2 N–H and O–H groups in total. The van der Waals surface area contributed by atoms with Crippen LogP contribution < -0.4 is 10.6 Å². The lowest BCUT2D eigenvalue weighted by molar-refractivity contribution is -0.132. The van der Waals surface area contributed by atoms with Gasteiger partial charge >= 0.3 is 6.18 Å². The maximum absolute atomic E-state index is 12.3. The van der Waals surface area contributed by atoms with E-state index >= 15 is 0 Å². The normalized spacial score (nSPS) is 21.6. The number of morpholine rings is 1. The van der Waals surface area contributed by atoms with Crippen LogP contribution in [0.2, 0.25) is 0 Å². The average Bonchev–Trinajstić information content (AvgIpc) is 2.59. The van der Waals surface area contributed by atoms with Gasteiger partial charge in [0, 0.05) is 32.7 Å². The summed E-state index contributed by atoms with van der Waals surface area (Å²) in [7, 11) is 0. The monoisotopic (exact) mass is 400 g/mol. The highest BCUT2D eigenvalue weighted by atomic mass is 19.4. The molecule has 1 heterocycles. The van der Waals surface area contributed by atoms with E-state index in [9.17, 15) is 13.2 Å². The molecule has 0 aromatic heterocycles. The molecule has 0 aliphatic carbocycles. The van der Waals surface area contributed by atoms with Crippen molar-refractivity contribution in [1.29, 1.82) is 0 Å². The molecule has 1 aromatic rings. The molecular weight excluding hydrogens is 369 g/mol. The SMILES string of the molecule is CCNC(=NCc1ccc(CN2CC(C)OC(C)C2)cc1)NCCC(F)(F)F. The van der Waals surface area contributed by atoms with Crippen LogP contribution in [-0.4, -0.2) is 55.4 Å². The van der Waals surface area contributed by atoms with Crippen molar-refractivity contribution < 1.29 is 17.9 Å². The summed E-state index contributed by atoms with van der Waals surface area (Å²) >= 11 is 0. The Morgan fingerprint density at radius 3 is 2.29 bits per heavy atom. The molecule has 0 radical (unpaired) electrons. The number of hydrogen-bond donors (Lipinski definition) is 2. The van der Waals surface area contributed by atoms with E-state index in [-0.39, 0.29) is 18.8 Å². The van der Waals surface area contributed by atoms with Crippen LogP contribution >= 0.6 is 0 Å². The van der Waals surface area contributed by atoms with Crippen molar-refractivity contribution in [3.63, 3.8) is 0 Å². The quantitative estimate of drug-likeness (QED) is 0.545. The maximum atomic E-state index is 12.3. The number of nitrogens with zero attached hydrogens (tertiary/aromatic N) is 2. The van der Waals surface area contributed by atoms with Crippen LogP contribution in [0.5, 0.6) is 0 Å². The first-order valence-corrected chi connectivity index (χ1v) is 9.79. The Morgan fingerprint density at radius 1 is 1.11 bits per heavy atom. The Morgan fingerprint density at radius 2 is 1.71 bits per heavy atom. The lowest BCUT2D eigenvalue weighted by Gasteiger charge is -2.35. The van der Waals surface area contributed by atoms with Crippen molar-refractivity contribution in [1.82, 2.24) is 15.5 Å². The lowest BCUT2D eigenvalue weighted by atomic mass is 10.1. The van der Waals surface area contributed by atoms with Crippen LogP contribution in [0.15, 0.2) is 29.3 Å². The molecule has 0 amide bonds. The van der Waals surface area contributed by atoms with Gasteiger partial charge in [-0.15, -0.1) is 0 Å². The van der Waals surface area contributed by atoms with Crippen LogP contribution in [-0.2, 0) is 17.8 Å². The topological polar surface area (TPSA) is 48.9 Å². The Balaban J connectivity index is 1.86. The molecule has 5 nitrogen and oxygen atoms in total. The minimum Gasteiger partial charge on any atom is -0.373 e. The van der Waals surface area contributed by atoms with Gasteiger partial charge in [0.05, 0.1) is 25.2 Å². The van der Waals surface area contributed by atoms with E-state index in [2.05, 4.69) is 46.5 Å². The first-order chi connectivity index (χ1) is 13.2. The fourth-order valence-corrected chi connectivity index (χ4v) is 3.26. The Hall–Kier alpha value is -1.80. The zero-order chi connectivity index (χ0) is 20.6. The number of alkyl halides is 3. The van der Waals surface area contributed by atoms with Gasteiger partial charge in [-0.2, -0.15) is 13.2 Å². The molecule has 1 aliphatic heterocycles.